The van der Waals surface area contributed by atoms with E-state index in [-0.39, 0.29) is 11.4 Å². The molecule has 1 aliphatic rings. The van der Waals surface area contributed by atoms with Crippen LogP contribution in [-0.2, 0) is 4.79 Å². The summed E-state index contributed by atoms with van der Waals surface area (Å²) in [7, 11) is 1.87. The molecule has 0 saturated heterocycles. The number of carbonyl (C=O) groups is 1. The van der Waals surface area contributed by atoms with Crippen molar-refractivity contribution in [2.75, 3.05) is 12.9 Å². The molecule has 0 bridgehead atoms. The lowest BCUT2D eigenvalue weighted by molar-refractivity contribution is -0.135. The highest BCUT2D eigenvalue weighted by atomic mass is 35.5. The summed E-state index contributed by atoms with van der Waals surface area (Å²) in [5.41, 5.74) is -0.229. The molecule has 0 heterocycles. The summed E-state index contributed by atoms with van der Waals surface area (Å²) in [5.74, 6) is 1.34. The van der Waals surface area contributed by atoms with Gasteiger partial charge in [0, 0.05) is 19.3 Å². The standard InChI is InChI=1S/C13H24ClNO/c1-13(2,10-14)15(3)12(16)9-11-7-5-4-6-8-11/h11H,4-10H2,1-3H3. The van der Waals surface area contributed by atoms with E-state index < -0.39 is 0 Å². The minimum atomic E-state index is -0.229. The molecule has 0 aromatic rings. The first-order chi connectivity index (χ1) is 7.47. The van der Waals surface area contributed by atoms with Gasteiger partial charge in [0.15, 0.2) is 0 Å². The minimum Gasteiger partial charge on any atom is -0.339 e. The Morgan fingerprint density at radius 2 is 1.88 bits per heavy atom. The third-order valence-corrected chi connectivity index (χ3v) is 4.45. The van der Waals surface area contributed by atoms with Gasteiger partial charge in [0.05, 0.1) is 5.54 Å². The summed E-state index contributed by atoms with van der Waals surface area (Å²) in [6, 6.07) is 0. The molecule has 2 nitrogen and oxygen atoms in total. The highest BCUT2D eigenvalue weighted by Crippen LogP contribution is 2.27. The first kappa shape index (κ1) is 13.8. The summed E-state index contributed by atoms with van der Waals surface area (Å²) in [4.78, 5) is 13.9. The second-order valence-electron chi connectivity index (χ2n) is 5.61. The van der Waals surface area contributed by atoms with Crippen LogP contribution in [0.25, 0.3) is 0 Å². The van der Waals surface area contributed by atoms with E-state index in [2.05, 4.69) is 0 Å². The van der Waals surface area contributed by atoms with Gasteiger partial charge in [-0.1, -0.05) is 19.3 Å². The number of amides is 1. The monoisotopic (exact) mass is 245 g/mol. The van der Waals surface area contributed by atoms with E-state index in [9.17, 15) is 4.79 Å². The largest absolute Gasteiger partial charge is 0.339 e. The highest BCUT2D eigenvalue weighted by molar-refractivity contribution is 6.18. The number of alkyl halides is 1. The zero-order chi connectivity index (χ0) is 12.2. The predicted octanol–water partition coefficient (Wildman–Crippen LogP) is 3.43. The van der Waals surface area contributed by atoms with Gasteiger partial charge >= 0.3 is 0 Å². The summed E-state index contributed by atoms with van der Waals surface area (Å²) in [5, 5.41) is 0. The van der Waals surface area contributed by atoms with Crippen LogP contribution in [0, 0.1) is 5.92 Å². The maximum absolute atomic E-state index is 12.1. The van der Waals surface area contributed by atoms with Gasteiger partial charge in [-0.2, -0.15) is 0 Å². The second-order valence-corrected chi connectivity index (χ2v) is 5.87. The van der Waals surface area contributed by atoms with Crippen LogP contribution < -0.4 is 0 Å². The van der Waals surface area contributed by atoms with Crippen molar-refractivity contribution in [3.8, 4) is 0 Å². The van der Waals surface area contributed by atoms with Crippen molar-refractivity contribution in [2.24, 2.45) is 5.92 Å². The van der Waals surface area contributed by atoms with Crippen LogP contribution in [0.3, 0.4) is 0 Å². The Bertz CT molecular complexity index is 234. The molecule has 16 heavy (non-hydrogen) atoms. The third kappa shape index (κ3) is 3.65. The number of hydrogen-bond donors (Lipinski definition) is 0. The lowest BCUT2D eigenvalue weighted by Gasteiger charge is -2.35. The van der Waals surface area contributed by atoms with E-state index in [0.717, 1.165) is 0 Å². The lowest BCUT2D eigenvalue weighted by atomic mass is 9.86. The van der Waals surface area contributed by atoms with Crippen LogP contribution >= 0.6 is 11.6 Å². The zero-order valence-corrected chi connectivity index (χ0v) is 11.5. The summed E-state index contributed by atoms with van der Waals surface area (Å²) in [6.07, 6.45) is 7.08. The van der Waals surface area contributed by atoms with E-state index in [1.54, 1.807) is 0 Å². The van der Waals surface area contributed by atoms with Crippen molar-refractivity contribution >= 4 is 17.5 Å². The van der Waals surface area contributed by atoms with Crippen molar-refractivity contribution in [1.29, 1.82) is 0 Å². The average Bonchev–Trinajstić information content (AvgIpc) is 2.29. The van der Waals surface area contributed by atoms with E-state index in [1.807, 2.05) is 25.8 Å². The summed E-state index contributed by atoms with van der Waals surface area (Å²) >= 11 is 5.88. The number of carbonyl (C=O) groups excluding carboxylic acids is 1. The fraction of sp³-hybridized carbons (Fsp3) is 0.923. The van der Waals surface area contributed by atoms with E-state index in [1.165, 1.54) is 32.1 Å². The molecule has 1 fully saturated rings. The molecular weight excluding hydrogens is 222 g/mol. The molecular formula is C13H24ClNO. The predicted molar refractivity (Wildman–Crippen MR) is 68.8 cm³/mol. The second kappa shape index (κ2) is 5.90. The molecule has 0 unspecified atom stereocenters. The normalized spacial score (nSPS) is 18.5. The molecule has 1 amide bonds. The molecule has 1 rings (SSSR count). The molecule has 0 aromatic carbocycles. The Morgan fingerprint density at radius 1 is 1.31 bits per heavy atom. The Hall–Kier alpha value is -0.240. The zero-order valence-electron chi connectivity index (χ0n) is 10.8. The van der Waals surface area contributed by atoms with Crippen molar-refractivity contribution in [1.82, 2.24) is 4.90 Å². The molecule has 0 radical (unpaired) electrons. The van der Waals surface area contributed by atoms with Crippen molar-refractivity contribution in [3.05, 3.63) is 0 Å². The van der Waals surface area contributed by atoms with Gasteiger partial charge in [-0.3, -0.25) is 4.79 Å². The minimum absolute atomic E-state index is 0.229. The van der Waals surface area contributed by atoms with E-state index >= 15 is 0 Å². The maximum Gasteiger partial charge on any atom is 0.223 e. The third-order valence-electron chi connectivity index (χ3n) is 3.80. The van der Waals surface area contributed by atoms with Gasteiger partial charge in [-0.05, 0) is 32.6 Å². The van der Waals surface area contributed by atoms with Gasteiger partial charge in [0.1, 0.15) is 0 Å². The SMILES string of the molecule is CN(C(=O)CC1CCCCC1)C(C)(C)CCl. The van der Waals surface area contributed by atoms with Gasteiger partial charge in [-0.25, -0.2) is 0 Å². The van der Waals surface area contributed by atoms with Crippen molar-refractivity contribution < 1.29 is 4.79 Å². The molecule has 94 valence electrons. The van der Waals surface area contributed by atoms with Gasteiger partial charge in [0.2, 0.25) is 5.91 Å². The molecule has 0 aromatic heterocycles. The quantitative estimate of drug-likeness (QED) is 0.695. The van der Waals surface area contributed by atoms with Crippen LogP contribution in [-0.4, -0.2) is 29.3 Å². The Balaban J connectivity index is 2.44. The van der Waals surface area contributed by atoms with Crippen molar-refractivity contribution in [2.45, 2.75) is 57.9 Å². The first-order valence-electron chi connectivity index (χ1n) is 6.30. The number of halogens is 1. The van der Waals surface area contributed by atoms with Crippen LogP contribution in [0.2, 0.25) is 0 Å². The Kier molecular flexibility index (Phi) is 5.10. The van der Waals surface area contributed by atoms with Gasteiger partial charge in [-0.15, -0.1) is 11.6 Å². The van der Waals surface area contributed by atoms with Crippen LogP contribution in [0.15, 0.2) is 0 Å². The van der Waals surface area contributed by atoms with Crippen LogP contribution in [0.1, 0.15) is 52.4 Å². The van der Waals surface area contributed by atoms with E-state index in [0.29, 0.717) is 18.2 Å². The average molecular weight is 246 g/mol. The fourth-order valence-electron chi connectivity index (χ4n) is 2.20. The Morgan fingerprint density at radius 3 is 2.38 bits per heavy atom. The fourth-order valence-corrected chi connectivity index (χ4v) is 2.38. The smallest absolute Gasteiger partial charge is 0.223 e. The Labute approximate surface area is 104 Å². The lowest BCUT2D eigenvalue weighted by Crippen LogP contribution is -2.46. The van der Waals surface area contributed by atoms with Crippen LogP contribution in [0.4, 0.5) is 0 Å². The molecule has 0 aliphatic heterocycles. The molecule has 0 atom stereocenters. The highest BCUT2D eigenvalue weighted by Gasteiger charge is 2.28. The molecule has 1 aliphatic carbocycles. The topological polar surface area (TPSA) is 20.3 Å². The molecule has 0 spiro atoms. The first-order valence-corrected chi connectivity index (χ1v) is 6.83. The van der Waals surface area contributed by atoms with Crippen molar-refractivity contribution in [3.63, 3.8) is 0 Å². The number of hydrogen-bond acceptors (Lipinski definition) is 1. The summed E-state index contributed by atoms with van der Waals surface area (Å²) < 4.78 is 0. The van der Waals surface area contributed by atoms with Crippen LogP contribution in [0.5, 0.6) is 0 Å². The molecule has 3 heteroatoms. The number of nitrogens with zero attached hydrogens (tertiary/aromatic N) is 1. The van der Waals surface area contributed by atoms with E-state index in [4.69, 9.17) is 11.6 Å². The molecule has 0 N–H and O–H groups in total. The summed E-state index contributed by atoms with van der Waals surface area (Å²) in [6.45, 7) is 4.03. The molecule has 1 saturated carbocycles. The van der Waals surface area contributed by atoms with Gasteiger partial charge in [0.25, 0.3) is 0 Å². The van der Waals surface area contributed by atoms with Gasteiger partial charge < -0.3 is 4.90 Å². The maximum atomic E-state index is 12.1. The number of rotatable bonds is 4.